The van der Waals surface area contributed by atoms with Gasteiger partial charge in [-0.1, -0.05) is 27.7 Å². The highest BCUT2D eigenvalue weighted by Gasteiger charge is 2.62. The van der Waals surface area contributed by atoms with E-state index in [0.717, 1.165) is 45.4 Å². The second-order valence-electron chi connectivity index (χ2n) is 11.7. The van der Waals surface area contributed by atoms with Crippen LogP contribution < -0.4 is 0 Å². The van der Waals surface area contributed by atoms with Gasteiger partial charge in [-0.3, -0.25) is 9.69 Å². The predicted octanol–water partition coefficient (Wildman–Crippen LogP) is 4.63. The molecule has 5 nitrogen and oxygen atoms in total. The minimum atomic E-state index is -0.0753. The van der Waals surface area contributed by atoms with E-state index in [0.29, 0.717) is 28.8 Å². The largest absolute Gasteiger partial charge is 0.468 e. The average Bonchev–Trinajstić information content (AvgIpc) is 3.15. The van der Waals surface area contributed by atoms with E-state index in [4.69, 9.17) is 14.2 Å². The van der Waals surface area contributed by atoms with E-state index >= 15 is 0 Å². The summed E-state index contributed by atoms with van der Waals surface area (Å²) >= 11 is 0. The third kappa shape index (κ3) is 3.63. The SMILES string of the molecule is COC(=O)[C@@H]1CCCN1CC[C@@H]1C(C)(C)CCC2[C@]3(C)CO[C@@H](C)O[C@@H]3CC[C@]21C. The van der Waals surface area contributed by atoms with Crippen LogP contribution in [0, 0.1) is 28.1 Å². The zero-order valence-corrected chi connectivity index (χ0v) is 20.0. The van der Waals surface area contributed by atoms with Crippen molar-refractivity contribution in [2.45, 2.75) is 98.0 Å². The Morgan fingerprint density at radius 2 is 1.87 bits per heavy atom. The summed E-state index contributed by atoms with van der Waals surface area (Å²) in [5.74, 6) is 1.21. The zero-order valence-electron chi connectivity index (χ0n) is 20.0. The fourth-order valence-electron chi connectivity index (χ4n) is 8.08. The summed E-state index contributed by atoms with van der Waals surface area (Å²) in [6.45, 7) is 14.8. The summed E-state index contributed by atoms with van der Waals surface area (Å²) in [7, 11) is 1.52. The van der Waals surface area contributed by atoms with E-state index in [1.54, 1.807) is 0 Å². The van der Waals surface area contributed by atoms with Gasteiger partial charge in [0.1, 0.15) is 6.04 Å². The minimum absolute atomic E-state index is 0.0415. The van der Waals surface area contributed by atoms with Crippen LogP contribution in [0.2, 0.25) is 0 Å². The number of nitrogens with zero attached hydrogens (tertiary/aromatic N) is 1. The molecule has 0 radical (unpaired) electrons. The van der Waals surface area contributed by atoms with Crippen molar-refractivity contribution in [2.75, 3.05) is 26.8 Å². The van der Waals surface area contributed by atoms with Gasteiger partial charge in [0.2, 0.25) is 0 Å². The Kier molecular flexibility index (Phi) is 6.04. The lowest BCUT2D eigenvalue weighted by molar-refractivity contribution is -0.304. The highest BCUT2D eigenvalue weighted by atomic mass is 16.7. The summed E-state index contributed by atoms with van der Waals surface area (Å²) in [6, 6.07) is -0.0415. The van der Waals surface area contributed by atoms with Gasteiger partial charge in [0.25, 0.3) is 0 Å². The van der Waals surface area contributed by atoms with Crippen molar-refractivity contribution in [2.24, 2.45) is 28.1 Å². The van der Waals surface area contributed by atoms with Crippen LogP contribution in [0.5, 0.6) is 0 Å². The highest BCUT2D eigenvalue weighted by Crippen LogP contribution is 2.66. The van der Waals surface area contributed by atoms with E-state index in [1.807, 2.05) is 6.92 Å². The topological polar surface area (TPSA) is 48.0 Å². The van der Waals surface area contributed by atoms with Crippen molar-refractivity contribution in [3.05, 3.63) is 0 Å². The number of hydrogen-bond acceptors (Lipinski definition) is 5. The molecule has 2 aliphatic heterocycles. The van der Waals surface area contributed by atoms with Gasteiger partial charge >= 0.3 is 5.97 Å². The lowest BCUT2D eigenvalue weighted by Gasteiger charge is -2.65. The molecule has 0 aromatic carbocycles. The Balaban J connectivity index is 1.54. The maximum Gasteiger partial charge on any atom is 0.323 e. The molecular weight excluding hydrogens is 378 g/mol. The molecule has 2 aliphatic carbocycles. The Bertz CT molecular complexity index is 651. The average molecular weight is 422 g/mol. The number of hydrogen-bond donors (Lipinski definition) is 0. The molecule has 0 N–H and O–H groups in total. The van der Waals surface area contributed by atoms with E-state index in [-0.39, 0.29) is 23.7 Å². The van der Waals surface area contributed by atoms with Gasteiger partial charge in [0, 0.05) is 5.41 Å². The summed E-state index contributed by atoms with van der Waals surface area (Å²) in [5, 5.41) is 0. The third-order valence-corrected chi connectivity index (χ3v) is 9.62. The third-order valence-electron chi connectivity index (χ3n) is 9.62. The number of rotatable bonds is 4. The number of carbonyl (C=O) groups is 1. The van der Waals surface area contributed by atoms with Crippen LogP contribution in [-0.4, -0.2) is 56.1 Å². The van der Waals surface area contributed by atoms with E-state index in [1.165, 1.54) is 26.4 Å². The van der Waals surface area contributed by atoms with E-state index in [9.17, 15) is 4.79 Å². The number of esters is 1. The molecule has 1 unspecified atom stereocenters. The maximum atomic E-state index is 12.2. The lowest BCUT2D eigenvalue weighted by atomic mass is 9.42. The molecule has 0 bridgehead atoms. The Morgan fingerprint density at radius 3 is 2.60 bits per heavy atom. The van der Waals surface area contributed by atoms with Crippen LogP contribution in [-0.2, 0) is 19.0 Å². The summed E-state index contributed by atoms with van der Waals surface area (Å²) in [4.78, 5) is 14.6. The van der Waals surface area contributed by atoms with Crippen LogP contribution in [0.4, 0.5) is 0 Å². The number of likely N-dealkylation sites (tertiary alicyclic amines) is 1. The van der Waals surface area contributed by atoms with E-state index < -0.39 is 0 Å². The van der Waals surface area contributed by atoms with Gasteiger partial charge in [-0.05, 0) is 87.6 Å². The summed E-state index contributed by atoms with van der Waals surface area (Å²) in [6.07, 6.45) is 8.34. The predicted molar refractivity (Wildman–Crippen MR) is 117 cm³/mol. The number of methoxy groups -OCH3 is 1. The normalized spacial score (nSPS) is 46.1. The molecule has 7 atom stereocenters. The molecule has 4 rings (SSSR count). The van der Waals surface area contributed by atoms with Gasteiger partial charge in [-0.2, -0.15) is 0 Å². The second-order valence-corrected chi connectivity index (χ2v) is 11.7. The van der Waals surface area contributed by atoms with Crippen molar-refractivity contribution in [1.29, 1.82) is 0 Å². The first kappa shape index (κ1) is 22.5. The van der Waals surface area contributed by atoms with Crippen molar-refractivity contribution in [3.63, 3.8) is 0 Å². The van der Waals surface area contributed by atoms with Crippen molar-refractivity contribution in [1.82, 2.24) is 4.90 Å². The van der Waals surface area contributed by atoms with Crippen molar-refractivity contribution in [3.8, 4) is 0 Å². The lowest BCUT2D eigenvalue weighted by Crippen LogP contribution is -2.63. The summed E-state index contributed by atoms with van der Waals surface area (Å²) in [5.41, 5.74) is 0.718. The molecule has 0 spiro atoms. The Labute approximate surface area is 183 Å². The molecule has 30 heavy (non-hydrogen) atoms. The monoisotopic (exact) mass is 421 g/mol. The maximum absolute atomic E-state index is 12.2. The Morgan fingerprint density at radius 1 is 1.10 bits per heavy atom. The fraction of sp³-hybridized carbons (Fsp3) is 0.960. The molecule has 4 fully saturated rings. The molecule has 2 heterocycles. The first-order chi connectivity index (χ1) is 14.1. The quantitative estimate of drug-likeness (QED) is 0.619. The molecule has 0 aromatic rings. The smallest absolute Gasteiger partial charge is 0.323 e. The number of carbonyl (C=O) groups excluding carboxylic acids is 1. The zero-order chi connectivity index (χ0) is 21.7. The molecule has 5 heteroatoms. The second kappa shape index (κ2) is 8.04. The van der Waals surface area contributed by atoms with Crippen molar-refractivity contribution >= 4 is 5.97 Å². The van der Waals surface area contributed by atoms with Crippen LogP contribution in [0.1, 0.15) is 79.6 Å². The van der Waals surface area contributed by atoms with Gasteiger partial charge in [-0.15, -0.1) is 0 Å². The van der Waals surface area contributed by atoms with Gasteiger partial charge in [-0.25, -0.2) is 0 Å². The molecular formula is C25H43NO4. The molecule has 172 valence electrons. The first-order valence-corrected chi connectivity index (χ1v) is 12.2. The molecule has 0 amide bonds. The Hall–Kier alpha value is -0.650. The van der Waals surface area contributed by atoms with Gasteiger partial charge < -0.3 is 14.2 Å². The van der Waals surface area contributed by atoms with E-state index in [2.05, 4.69) is 32.6 Å². The van der Waals surface area contributed by atoms with Crippen LogP contribution >= 0.6 is 0 Å². The van der Waals surface area contributed by atoms with Crippen LogP contribution in [0.3, 0.4) is 0 Å². The van der Waals surface area contributed by atoms with Crippen molar-refractivity contribution < 1.29 is 19.0 Å². The molecule has 2 saturated heterocycles. The molecule has 4 aliphatic rings. The summed E-state index contributed by atoms with van der Waals surface area (Å²) < 4.78 is 17.4. The van der Waals surface area contributed by atoms with Crippen LogP contribution in [0.25, 0.3) is 0 Å². The molecule has 2 saturated carbocycles. The minimum Gasteiger partial charge on any atom is -0.468 e. The standard InChI is InChI=1S/C25H43NO4/c1-17-29-16-25(5)20-9-12-23(2,3)19(24(20,4)13-10-21(25)30-17)11-15-26-14-7-8-18(26)22(27)28-6/h17-21H,7-16H2,1-6H3/t17-,18+,19-,20?,21-,24+,25+/m1/s1. The van der Waals surface area contributed by atoms with Crippen LogP contribution in [0.15, 0.2) is 0 Å². The number of ether oxygens (including phenoxy) is 3. The van der Waals surface area contributed by atoms with Gasteiger partial charge in [0.15, 0.2) is 6.29 Å². The fourth-order valence-corrected chi connectivity index (χ4v) is 8.08. The van der Waals surface area contributed by atoms with Gasteiger partial charge in [0.05, 0.1) is 19.8 Å². The first-order valence-electron chi connectivity index (χ1n) is 12.2. The molecule has 0 aromatic heterocycles. The number of fused-ring (bicyclic) bond motifs is 3. The highest BCUT2D eigenvalue weighted by molar-refractivity contribution is 5.75.